The Kier molecular flexibility index (Phi) is 3.64. The molecule has 1 aromatic carbocycles. The van der Waals surface area contributed by atoms with Crippen LogP contribution in [-0.2, 0) is 14.6 Å². The second-order valence-electron chi connectivity index (χ2n) is 3.27. The van der Waals surface area contributed by atoms with E-state index in [1.165, 1.54) is 19.1 Å². The molecule has 1 atom stereocenters. The molecule has 0 fully saturated rings. The number of hydrogen-bond donors (Lipinski definition) is 1. The third kappa shape index (κ3) is 2.21. The molecule has 0 aliphatic heterocycles. The summed E-state index contributed by atoms with van der Waals surface area (Å²) in [5.74, 6) is -1.84. The largest absolute Gasteiger partial charge is 0.369 e. The van der Waals surface area contributed by atoms with Gasteiger partial charge in [0.2, 0.25) is 5.91 Å². The number of carbonyl (C=O) groups is 1. The van der Waals surface area contributed by atoms with Gasteiger partial charge in [0.25, 0.3) is 0 Å². The average Bonchev–Trinajstić information content (AvgIpc) is 2.17. The summed E-state index contributed by atoms with van der Waals surface area (Å²) in [4.78, 5) is 10.5. The van der Waals surface area contributed by atoms with Crippen LogP contribution in [0.1, 0.15) is 13.3 Å². The van der Waals surface area contributed by atoms with Crippen molar-refractivity contribution in [1.29, 1.82) is 0 Å². The van der Waals surface area contributed by atoms with Crippen molar-refractivity contribution in [2.75, 3.05) is 0 Å². The molecule has 1 rings (SSSR count). The number of amides is 1. The number of sulfone groups is 1. The van der Waals surface area contributed by atoms with Gasteiger partial charge in [-0.05, 0) is 18.6 Å². The summed E-state index contributed by atoms with van der Waals surface area (Å²) in [7, 11) is -4.03. The van der Waals surface area contributed by atoms with Gasteiger partial charge in [-0.2, -0.15) is 0 Å². The van der Waals surface area contributed by atoms with Crippen molar-refractivity contribution in [3.8, 4) is 0 Å². The first-order valence-corrected chi connectivity index (χ1v) is 6.23. The van der Waals surface area contributed by atoms with E-state index in [1.807, 2.05) is 0 Å². The Balaban J connectivity index is 3.32. The van der Waals surface area contributed by atoms with E-state index in [9.17, 15) is 17.6 Å². The molecule has 0 aliphatic rings. The van der Waals surface area contributed by atoms with Gasteiger partial charge in [0, 0.05) is 0 Å². The molecule has 88 valence electrons. The van der Waals surface area contributed by atoms with Crippen LogP contribution in [0.5, 0.6) is 0 Å². The van der Waals surface area contributed by atoms with E-state index in [-0.39, 0.29) is 6.42 Å². The first kappa shape index (κ1) is 12.6. The quantitative estimate of drug-likeness (QED) is 0.854. The molecule has 0 saturated carbocycles. The maximum absolute atomic E-state index is 13.3. The molecule has 0 heterocycles. The van der Waals surface area contributed by atoms with E-state index in [1.54, 1.807) is 0 Å². The van der Waals surface area contributed by atoms with Crippen molar-refractivity contribution in [2.45, 2.75) is 23.5 Å². The fourth-order valence-electron chi connectivity index (χ4n) is 1.40. The van der Waals surface area contributed by atoms with Gasteiger partial charge < -0.3 is 5.73 Å². The van der Waals surface area contributed by atoms with Crippen molar-refractivity contribution in [1.82, 2.24) is 0 Å². The summed E-state index contributed by atoms with van der Waals surface area (Å²) in [5.41, 5.74) is 4.98. The zero-order valence-electron chi connectivity index (χ0n) is 8.68. The van der Waals surface area contributed by atoms with E-state index in [4.69, 9.17) is 5.73 Å². The van der Waals surface area contributed by atoms with Crippen LogP contribution < -0.4 is 5.73 Å². The van der Waals surface area contributed by atoms with Gasteiger partial charge >= 0.3 is 0 Å². The van der Waals surface area contributed by atoms with E-state index in [0.717, 1.165) is 12.1 Å². The lowest BCUT2D eigenvalue weighted by Crippen LogP contribution is -2.35. The molecule has 0 radical (unpaired) electrons. The van der Waals surface area contributed by atoms with Gasteiger partial charge in [0.05, 0.1) is 0 Å². The van der Waals surface area contributed by atoms with E-state index in [0.29, 0.717) is 0 Å². The van der Waals surface area contributed by atoms with Crippen LogP contribution in [0, 0.1) is 5.82 Å². The predicted octanol–water partition coefficient (Wildman–Crippen LogP) is 0.863. The minimum Gasteiger partial charge on any atom is -0.369 e. The lowest BCUT2D eigenvalue weighted by atomic mass is 10.3. The molecule has 0 bridgehead atoms. The van der Waals surface area contributed by atoms with Crippen LogP contribution in [0.25, 0.3) is 0 Å². The molecule has 2 N–H and O–H groups in total. The average molecular weight is 245 g/mol. The number of carbonyl (C=O) groups excluding carboxylic acids is 1. The van der Waals surface area contributed by atoms with Gasteiger partial charge in [-0.25, -0.2) is 12.8 Å². The smallest absolute Gasteiger partial charge is 0.236 e. The zero-order chi connectivity index (χ0) is 12.3. The topological polar surface area (TPSA) is 77.2 Å². The summed E-state index contributed by atoms with van der Waals surface area (Å²) in [6, 6.07) is 4.92. The summed E-state index contributed by atoms with van der Waals surface area (Å²) in [5, 5.41) is -1.38. The molecular formula is C10H12FNO3S. The molecule has 1 unspecified atom stereocenters. The van der Waals surface area contributed by atoms with Crippen molar-refractivity contribution in [2.24, 2.45) is 5.73 Å². The summed E-state index contributed by atoms with van der Waals surface area (Å²) < 4.78 is 37.1. The Labute approximate surface area is 93.2 Å². The van der Waals surface area contributed by atoms with Crippen LogP contribution in [0.4, 0.5) is 4.39 Å². The Bertz CT molecular complexity index is 499. The van der Waals surface area contributed by atoms with Crippen LogP contribution >= 0.6 is 0 Å². The third-order valence-electron chi connectivity index (χ3n) is 2.21. The first-order valence-electron chi connectivity index (χ1n) is 4.69. The maximum Gasteiger partial charge on any atom is 0.236 e. The highest BCUT2D eigenvalue weighted by Crippen LogP contribution is 2.20. The monoisotopic (exact) mass is 245 g/mol. The molecule has 0 aromatic heterocycles. The Morgan fingerprint density at radius 1 is 1.44 bits per heavy atom. The molecule has 16 heavy (non-hydrogen) atoms. The van der Waals surface area contributed by atoms with Crippen LogP contribution in [-0.4, -0.2) is 19.6 Å². The Hall–Kier alpha value is -1.43. The van der Waals surface area contributed by atoms with Crippen LogP contribution in [0.2, 0.25) is 0 Å². The van der Waals surface area contributed by atoms with Crippen molar-refractivity contribution in [3.63, 3.8) is 0 Å². The molecule has 0 aliphatic carbocycles. The van der Waals surface area contributed by atoms with Crippen LogP contribution in [0.3, 0.4) is 0 Å². The minimum atomic E-state index is -4.03. The number of hydrogen-bond acceptors (Lipinski definition) is 3. The molecule has 0 spiro atoms. The number of benzene rings is 1. The fraction of sp³-hybridized carbons (Fsp3) is 0.300. The van der Waals surface area contributed by atoms with Crippen molar-refractivity contribution < 1.29 is 17.6 Å². The minimum absolute atomic E-state index is 0.0198. The third-order valence-corrected chi connectivity index (χ3v) is 4.46. The van der Waals surface area contributed by atoms with Gasteiger partial charge in [-0.3, -0.25) is 4.79 Å². The normalized spacial score (nSPS) is 13.4. The molecule has 6 heteroatoms. The fourth-order valence-corrected chi connectivity index (χ4v) is 3.06. The highest BCUT2D eigenvalue weighted by Gasteiger charge is 2.32. The molecule has 1 amide bonds. The van der Waals surface area contributed by atoms with E-state index >= 15 is 0 Å². The Morgan fingerprint density at radius 2 is 2.00 bits per heavy atom. The lowest BCUT2D eigenvalue weighted by Gasteiger charge is -2.12. The maximum atomic E-state index is 13.3. The second-order valence-corrected chi connectivity index (χ2v) is 5.37. The van der Waals surface area contributed by atoms with Gasteiger partial charge in [0.15, 0.2) is 9.84 Å². The highest BCUT2D eigenvalue weighted by molar-refractivity contribution is 7.92. The van der Waals surface area contributed by atoms with E-state index < -0.39 is 31.7 Å². The number of rotatable bonds is 4. The number of primary amides is 1. The van der Waals surface area contributed by atoms with Crippen molar-refractivity contribution >= 4 is 15.7 Å². The zero-order valence-corrected chi connectivity index (χ0v) is 9.50. The number of halogens is 1. The van der Waals surface area contributed by atoms with Gasteiger partial charge in [-0.1, -0.05) is 19.1 Å². The van der Waals surface area contributed by atoms with Gasteiger partial charge in [-0.15, -0.1) is 0 Å². The number of nitrogens with two attached hydrogens (primary N) is 1. The Morgan fingerprint density at radius 3 is 2.44 bits per heavy atom. The van der Waals surface area contributed by atoms with Gasteiger partial charge in [0.1, 0.15) is 16.0 Å². The first-order chi connectivity index (χ1) is 7.41. The van der Waals surface area contributed by atoms with Crippen LogP contribution in [0.15, 0.2) is 29.2 Å². The molecule has 1 aromatic rings. The van der Waals surface area contributed by atoms with E-state index in [2.05, 4.69) is 0 Å². The lowest BCUT2D eigenvalue weighted by molar-refractivity contribution is -0.117. The second kappa shape index (κ2) is 4.61. The predicted molar refractivity (Wildman–Crippen MR) is 56.9 cm³/mol. The SMILES string of the molecule is CCC(C(N)=O)S(=O)(=O)c1ccccc1F. The summed E-state index contributed by atoms with van der Waals surface area (Å²) >= 11 is 0. The molecule has 0 saturated heterocycles. The summed E-state index contributed by atoms with van der Waals surface area (Å²) in [6.45, 7) is 1.51. The van der Waals surface area contributed by atoms with Crippen molar-refractivity contribution in [3.05, 3.63) is 30.1 Å². The standard InChI is InChI=1S/C10H12FNO3S/c1-2-8(10(12)13)16(14,15)9-6-4-3-5-7(9)11/h3-6,8H,2H2,1H3,(H2,12,13). The molecule has 4 nitrogen and oxygen atoms in total. The molecular weight excluding hydrogens is 233 g/mol. The highest BCUT2D eigenvalue weighted by atomic mass is 32.2. The summed E-state index contributed by atoms with van der Waals surface area (Å²) in [6.07, 6.45) is 0.0198.